The van der Waals surface area contributed by atoms with Crippen LogP contribution in [0.15, 0.2) is 70.9 Å². The standard InChI is InChI=1S/C22H15NO4S2/c24-20-19(29-22(27)23(20)12-14-4-2-1-3-5-14)11-18-10-17(13-28-18)15-6-8-16(9-7-15)21(25)26/h1-11,13H,12H2,(H,25,26)/b19-11-. The number of imide groups is 1. The summed E-state index contributed by atoms with van der Waals surface area (Å²) < 4.78 is 0. The van der Waals surface area contributed by atoms with Crippen molar-refractivity contribution in [3.63, 3.8) is 0 Å². The average molecular weight is 421 g/mol. The summed E-state index contributed by atoms with van der Waals surface area (Å²) in [6.07, 6.45) is 1.73. The molecule has 2 amide bonds. The van der Waals surface area contributed by atoms with E-state index in [-0.39, 0.29) is 23.3 Å². The highest BCUT2D eigenvalue weighted by atomic mass is 32.2. The Morgan fingerprint density at radius 1 is 1.00 bits per heavy atom. The largest absolute Gasteiger partial charge is 0.478 e. The maximum absolute atomic E-state index is 12.7. The first-order chi connectivity index (χ1) is 14.0. The van der Waals surface area contributed by atoms with Crippen LogP contribution in [0.25, 0.3) is 17.2 Å². The fourth-order valence-electron chi connectivity index (χ4n) is 2.92. The molecule has 0 atom stereocenters. The number of rotatable bonds is 5. The minimum absolute atomic E-state index is 0.233. The molecule has 0 saturated carbocycles. The van der Waals surface area contributed by atoms with E-state index in [1.807, 2.05) is 41.8 Å². The molecule has 0 radical (unpaired) electrons. The second-order valence-electron chi connectivity index (χ2n) is 6.37. The summed E-state index contributed by atoms with van der Waals surface area (Å²) >= 11 is 2.41. The molecule has 1 aliphatic heterocycles. The van der Waals surface area contributed by atoms with Gasteiger partial charge in [-0.2, -0.15) is 0 Å². The van der Waals surface area contributed by atoms with Crippen LogP contribution in [-0.4, -0.2) is 27.1 Å². The lowest BCUT2D eigenvalue weighted by atomic mass is 10.1. The van der Waals surface area contributed by atoms with E-state index >= 15 is 0 Å². The molecule has 4 rings (SSSR count). The molecule has 2 aromatic carbocycles. The Labute approximate surface area is 175 Å². The smallest absolute Gasteiger partial charge is 0.335 e. The predicted molar refractivity (Wildman–Crippen MR) is 115 cm³/mol. The average Bonchev–Trinajstić information content (AvgIpc) is 3.29. The number of thioether (sulfide) groups is 1. The zero-order valence-corrected chi connectivity index (χ0v) is 16.7. The van der Waals surface area contributed by atoms with E-state index in [1.165, 1.54) is 16.2 Å². The molecule has 0 bridgehead atoms. The summed E-state index contributed by atoms with van der Waals surface area (Å²) in [6.45, 7) is 0.258. The van der Waals surface area contributed by atoms with E-state index in [9.17, 15) is 14.4 Å². The molecule has 2 heterocycles. The number of amides is 2. The molecule has 7 heteroatoms. The van der Waals surface area contributed by atoms with Crippen molar-refractivity contribution in [3.05, 3.63) is 87.0 Å². The van der Waals surface area contributed by atoms with Gasteiger partial charge in [0.15, 0.2) is 0 Å². The van der Waals surface area contributed by atoms with Crippen LogP contribution < -0.4 is 0 Å². The fraction of sp³-hybridized carbons (Fsp3) is 0.0455. The monoisotopic (exact) mass is 421 g/mol. The van der Waals surface area contributed by atoms with Crippen LogP contribution in [0.1, 0.15) is 20.8 Å². The number of carboxylic acids is 1. The first-order valence-corrected chi connectivity index (χ1v) is 10.4. The number of benzene rings is 2. The first-order valence-electron chi connectivity index (χ1n) is 8.73. The number of carboxylic acid groups (broad SMARTS) is 1. The van der Waals surface area contributed by atoms with Crippen molar-refractivity contribution in [1.82, 2.24) is 4.90 Å². The highest BCUT2D eigenvalue weighted by Crippen LogP contribution is 2.35. The van der Waals surface area contributed by atoms with Crippen LogP contribution >= 0.6 is 23.1 Å². The molecule has 29 heavy (non-hydrogen) atoms. The van der Waals surface area contributed by atoms with Gasteiger partial charge in [-0.3, -0.25) is 14.5 Å². The third-order valence-corrected chi connectivity index (χ3v) is 6.20. The number of thiophene rings is 1. The summed E-state index contributed by atoms with van der Waals surface area (Å²) in [6, 6.07) is 18.0. The van der Waals surface area contributed by atoms with Crippen LogP contribution in [0.3, 0.4) is 0 Å². The molecule has 5 nitrogen and oxygen atoms in total. The zero-order valence-electron chi connectivity index (χ0n) is 15.1. The Morgan fingerprint density at radius 3 is 2.41 bits per heavy atom. The van der Waals surface area contributed by atoms with Crippen molar-refractivity contribution in [2.24, 2.45) is 0 Å². The highest BCUT2D eigenvalue weighted by Gasteiger charge is 2.35. The summed E-state index contributed by atoms with van der Waals surface area (Å²) in [5.74, 6) is -1.25. The molecule has 0 aliphatic carbocycles. The third kappa shape index (κ3) is 4.16. The quantitative estimate of drug-likeness (QED) is 0.562. The molecule has 1 aliphatic rings. The summed E-state index contributed by atoms with van der Waals surface area (Å²) in [5, 5.41) is 10.7. The molecule has 1 saturated heterocycles. The summed E-state index contributed by atoms with van der Waals surface area (Å²) in [5.41, 5.74) is 2.96. The molecule has 3 aromatic rings. The molecule has 0 unspecified atom stereocenters. The van der Waals surface area contributed by atoms with Gasteiger partial charge in [0.1, 0.15) is 0 Å². The summed E-state index contributed by atoms with van der Waals surface area (Å²) in [7, 11) is 0. The maximum Gasteiger partial charge on any atom is 0.335 e. The number of nitrogens with zero attached hydrogens (tertiary/aromatic N) is 1. The predicted octanol–water partition coefficient (Wildman–Crippen LogP) is 5.35. The minimum Gasteiger partial charge on any atom is -0.478 e. The third-order valence-electron chi connectivity index (χ3n) is 4.42. The van der Waals surface area contributed by atoms with Gasteiger partial charge in [0, 0.05) is 4.88 Å². The minimum atomic E-state index is -0.964. The van der Waals surface area contributed by atoms with E-state index in [1.54, 1.807) is 30.3 Å². The lowest BCUT2D eigenvalue weighted by molar-refractivity contribution is -0.123. The molecule has 144 valence electrons. The van der Waals surface area contributed by atoms with Crippen LogP contribution in [0.4, 0.5) is 4.79 Å². The van der Waals surface area contributed by atoms with Crippen molar-refractivity contribution in [3.8, 4) is 11.1 Å². The van der Waals surface area contributed by atoms with Gasteiger partial charge in [0.2, 0.25) is 0 Å². The second kappa shape index (κ2) is 8.06. The molecule has 1 aromatic heterocycles. The van der Waals surface area contributed by atoms with Crippen molar-refractivity contribution < 1.29 is 19.5 Å². The molecular formula is C22H15NO4S2. The maximum atomic E-state index is 12.7. The van der Waals surface area contributed by atoms with Gasteiger partial charge in [-0.1, -0.05) is 42.5 Å². The van der Waals surface area contributed by atoms with Gasteiger partial charge in [-0.05, 0) is 58.1 Å². The molecular weight excluding hydrogens is 406 g/mol. The number of hydrogen-bond acceptors (Lipinski definition) is 5. The Morgan fingerprint density at radius 2 is 1.72 bits per heavy atom. The van der Waals surface area contributed by atoms with E-state index in [0.29, 0.717) is 4.91 Å². The lowest BCUT2D eigenvalue weighted by Crippen LogP contribution is -2.27. The van der Waals surface area contributed by atoms with Crippen molar-refractivity contribution in [2.45, 2.75) is 6.54 Å². The molecule has 1 fully saturated rings. The summed E-state index contributed by atoms with van der Waals surface area (Å²) in [4.78, 5) is 38.4. The SMILES string of the molecule is O=C(O)c1ccc(-c2csc(/C=C3\SC(=O)N(Cc4ccccc4)C3=O)c2)cc1. The second-order valence-corrected chi connectivity index (χ2v) is 8.31. The van der Waals surface area contributed by atoms with Crippen LogP contribution in [0, 0.1) is 0 Å². The van der Waals surface area contributed by atoms with Gasteiger partial charge < -0.3 is 5.11 Å². The van der Waals surface area contributed by atoms with Gasteiger partial charge >= 0.3 is 5.97 Å². The van der Waals surface area contributed by atoms with E-state index in [0.717, 1.165) is 33.3 Å². The Kier molecular flexibility index (Phi) is 5.33. The molecule has 0 spiro atoms. The normalized spacial score (nSPS) is 15.3. The number of carbonyl (C=O) groups excluding carboxylic acids is 2. The lowest BCUT2D eigenvalue weighted by Gasteiger charge is -2.11. The van der Waals surface area contributed by atoms with Crippen molar-refractivity contribution in [2.75, 3.05) is 0 Å². The van der Waals surface area contributed by atoms with Gasteiger partial charge in [-0.15, -0.1) is 11.3 Å². The zero-order chi connectivity index (χ0) is 20.4. The molecule has 1 N–H and O–H groups in total. The Bertz CT molecular complexity index is 1120. The van der Waals surface area contributed by atoms with Gasteiger partial charge in [0.05, 0.1) is 17.0 Å². The topological polar surface area (TPSA) is 74.7 Å². The van der Waals surface area contributed by atoms with Crippen LogP contribution in [0.2, 0.25) is 0 Å². The van der Waals surface area contributed by atoms with Crippen LogP contribution in [0.5, 0.6) is 0 Å². The Balaban J connectivity index is 1.52. The van der Waals surface area contributed by atoms with Crippen molar-refractivity contribution >= 4 is 46.3 Å². The van der Waals surface area contributed by atoms with Gasteiger partial charge in [0.25, 0.3) is 11.1 Å². The van der Waals surface area contributed by atoms with Crippen molar-refractivity contribution in [1.29, 1.82) is 0 Å². The number of hydrogen-bond donors (Lipinski definition) is 1. The van der Waals surface area contributed by atoms with E-state index in [2.05, 4.69) is 0 Å². The van der Waals surface area contributed by atoms with Crippen LogP contribution in [-0.2, 0) is 11.3 Å². The fourth-order valence-corrected chi connectivity index (χ4v) is 4.67. The van der Waals surface area contributed by atoms with Gasteiger partial charge in [-0.25, -0.2) is 4.79 Å². The van der Waals surface area contributed by atoms with E-state index < -0.39 is 5.97 Å². The number of carbonyl (C=O) groups is 3. The Hall–Kier alpha value is -3.16. The number of aromatic carboxylic acids is 1. The van der Waals surface area contributed by atoms with E-state index in [4.69, 9.17) is 5.11 Å². The highest BCUT2D eigenvalue weighted by molar-refractivity contribution is 8.18. The first kappa shape index (κ1) is 19.2.